The smallest absolute Gasteiger partial charge is 0.383 e. The van der Waals surface area contributed by atoms with E-state index in [2.05, 4.69) is 25.7 Å². The molecule has 1 aromatic carbocycles. The summed E-state index contributed by atoms with van der Waals surface area (Å²) in [4.78, 5) is 34.0. The number of anilines is 2. The van der Waals surface area contributed by atoms with Crippen molar-refractivity contribution in [3.05, 3.63) is 28.8 Å². The lowest BCUT2D eigenvalue weighted by Crippen LogP contribution is -2.38. The van der Waals surface area contributed by atoms with Gasteiger partial charge < -0.3 is 16.4 Å². The molecule has 9 nitrogen and oxygen atoms in total. The van der Waals surface area contributed by atoms with Gasteiger partial charge in [-0.05, 0) is 38.0 Å². The molecule has 0 bridgehead atoms. The zero-order valence-corrected chi connectivity index (χ0v) is 20.6. The zero-order chi connectivity index (χ0) is 27.6. The highest BCUT2D eigenvalue weighted by atomic mass is 35.5. The van der Waals surface area contributed by atoms with Crippen molar-refractivity contribution in [3.8, 4) is 11.5 Å². The molecular formula is C23H21ClF5N7O2. The van der Waals surface area contributed by atoms with Gasteiger partial charge in [0.2, 0.25) is 11.8 Å². The summed E-state index contributed by atoms with van der Waals surface area (Å²) >= 11 is 6.03. The number of nitrogen functional groups attached to an aromatic ring is 1. The maximum absolute atomic E-state index is 13.6. The van der Waals surface area contributed by atoms with Crippen LogP contribution in [-0.4, -0.2) is 49.7 Å². The number of amides is 2. The summed E-state index contributed by atoms with van der Waals surface area (Å²) in [6.07, 6.45) is -5.70. The maximum Gasteiger partial charge on any atom is 0.453 e. The lowest BCUT2D eigenvalue weighted by atomic mass is 9.81. The Labute approximate surface area is 216 Å². The average Bonchev–Trinajstić information content (AvgIpc) is 3.48. The number of rotatable bonds is 7. The Kier molecular flexibility index (Phi) is 6.00. The number of fused-ring (bicyclic) bond motifs is 2. The predicted molar refractivity (Wildman–Crippen MR) is 128 cm³/mol. The van der Waals surface area contributed by atoms with Gasteiger partial charge in [0.05, 0.1) is 16.5 Å². The number of aromatic nitrogens is 4. The molecule has 1 fully saturated rings. The van der Waals surface area contributed by atoms with Crippen LogP contribution in [0.15, 0.2) is 18.2 Å². The summed E-state index contributed by atoms with van der Waals surface area (Å²) in [5.41, 5.74) is 5.33. The average molecular weight is 558 g/mol. The van der Waals surface area contributed by atoms with Crippen LogP contribution in [0.3, 0.4) is 0 Å². The second kappa shape index (κ2) is 8.75. The number of hydrogen-bond acceptors (Lipinski definition) is 6. The molecule has 0 spiro atoms. The van der Waals surface area contributed by atoms with Gasteiger partial charge >= 0.3 is 12.1 Å². The molecule has 0 radical (unpaired) electrons. The first-order valence-electron chi connectivity index (χ1n) is 11.6. The fourth-order valence-corrected chi connectivity index (χ4v) is 4.61. The quantitative estimate of drug-likeness (QED) is 0.374. The molecule has 3 aromatic rings. The standard InChI is InChI=1S/C23H21ClF5N7O2/c1-21(9-14(37)31-11-3-4-11)15-17(30)32-19(33-18(15)34-20(21)38)16-12-5-2-10(24)8-13(12)36(35-16)7-6-22(25,26)23(27,28)29/h2,5,8,11H,3-4,6-7,9H2,1H3,(H,31,37)(H3,30,32,33,34,38). The Balaban J connectivity index is 1.52. The molecule has 202 valence electrons. The van der Waals surface area contributed by atoms with E-state index < -0.39 is 36.4 Å². The second-order valence-electron chi connectivity index (χ2n) is 9.65. The summed E-state index contributed by atoms with van der Waals surface area (Å²) < 4.78 is 66.3. The second-order valence-corrected chi connectivity index (χ2v) is 10.1. The largest absolute Gasteiger partial charge is 0.453 e. The van der Waals surface area contributed by atoms with Crippen LogP contribution in [0.25, 0.3) is 22.4 Å². The number of nitrogens with zero attached hydrogens (tertiary/aromatic N) is 4. The normalized spacial score (nSPS) is 19.5. The third-order valence-electron chi connectivity index (χ3n) is 6.66. The SMILES string of the molecule is CC1(CC(=O)NC2CC2)C(=O)Nc2nc(-c3nn(CCC(F)(F)C(F)(F)F)c4cc(Cl)ccc34)nc(N)c21. The van der Waals surface area contributed by atoms with Crippen LogP contribution < -0.4 is 16.4 Å². The van der Waals surface area contributed by atoms with Gasteiger partial charge in [0, 0.05) is 35.8 Å². The highest BCUT2D eigenvalue weighted by Gasteiger charge is 2.56. The van der Waals surface area contributed by atoms with E-state index in [0.29, 0.717) is 5.39 Å². The molecule has 1 atom stereocenters. The van der Waals surface area contributed by atoms with Gasteiger partial charge in [0.25, 0.3) is 0 Å². The van der Waals surface area contributed by atoms with Gasteiger partial charge in [-0.25, -0.2) is 9.97 Å². The first-order chi connectivity index (χ1) is 17.7. The number of carbonyl (C=O) groups is 2. The molecule has 3 heterocycles. The minimum Gasteiger partial charge on any atom is -0.383 e. The van der Waals surface area contributed by atoms with Crippen LogP contribution >= 0.6 is 11.6 Å². The molecule has 2 aromatic heterocycles. The number of nitrogens with one attached hydrogen (secondary N) is 2. The van der Waals surface area contributed by atoms with Crippen LogP contribution in [0.5, 0.6) is 0 Å². The van der Waals surface area contributed by atoms with Gasteiger partial charge in [-0.3, -0.25) is 14.3 Å². The first-order valence-corrected chi connectivity index (χ1v) is 12.0. The lowest BCUT2D eigenvalue weighted by molar-refractivity contribution is -0.285. The minimum atomic E-state index is -5.71. The van der Waals surface area contributed by atoms with E-state index in [9.17, 15) is 31.5 Å². The molecule has 2 aliphatic rings. The van der Waals surface area contributed by atoms with Crippen molar-refractivity contribution in [2.45, 2.75) is 62.7 Å². The molecule has 38 heavy (non-hydrogen) atoms. The van der Waals surface area contributed by atoms with E-state index in [0.717, 1.165) is 17.5 Å². The third kappa shape index (κ3) is 4.50. The molecule has 1 aliphatic heterocycles. The Morgan fingerprint density at radius 2 is 1.97 bits per heavy atom. The van der Waals surface area contributed by atoms with Crippen LogP contribution in [0.4, 0.5) is 33.6 Å². The summed E-state index contributed by atoms with van der Waals surface area (Å²) in [6.45, 7) is 0.766. The maximum atomic E-state index is 13.6. The summed E-state index contributed by atoms with van der Waals surface area (Å²) in [7, 11) is 0. The first kappa shape index (κ1) is 26.1. The van der Waals surface area contributed by atoms with E-state index >= 15 is 0 Å². The summed E-state index contributed by atoms with van der Waals surface area (Å²) in [6, 6.07) is 4.44. The number of benzene rings is 1. The Bertz CT molecular complexity index is 1470. The van der Waals surface area contributed by atoms with E-state index in [1.165, 1.54) is 18.2 Å². The molecule has 5 rings (SSSR count). The molecule has 2 amide bonds. The third-order valence-corrected chi connectivity index (χ3v) is 6.89. The number of nitrogens with two attached hydrogens (primary N) is 1. The van der Waals surface area contributed by atoms with Crippen LogP contribution in [0.1, 0.15) is 38.2 Å². The van der Waals surface area contributed by atoms with Crippen LogP contribution in [0.2, 0.25) is 5.02 Å². The van der Waals surface area contributed by atoms with E-state index in [-0.39, 0.29) is 57.6 Å². The van der Waals surface area contributed by atoms with Crippen molar-refractivity contribution >= 4 is 46.0 Å². The fourth-order valence-electron chi connectivity index (χ4n) is 4.44. The number of aryl methyl sites for hydroxylation is 1. The van der Waals surface area contributed by atoms with Crippen LogP contribution in [-0.2, 0) is 21.5 Å². The van der Waals surface area contributed by atoms with Crippen molar-refractivity contribution in [2.75, 3.05) is 11.1 Å². The molecule has 15 heteroatoms. The Morgan fingerprint density at radius 3 is 2.63 bits per heavy atom. The van der Waals surface area contributed by atoms with Gasteiger partial charge in [-0.2, -0.15) is 27.1 Å². The van der Waals surface area contributed by atoms with Crippen molar-refractivity contribution in [2.24, 2.45) is 0 Å². The molecular weight excluding hydrogens is 537 g/mol. The zero-order valence-electron chi connectivity index (χ0n) is 19.8. The van der Waals surface area contributed by atoms with Crippen LogP contribution in [0, 0.1) is 0 Å². The summed E-state index contributed by atoms with van der Waals surface area (Å²) in [5, 5.41) is 10.2. The van der Waals surface area contributed by atoms with E-state index in [1.54, 1.807) is 6.92 Å². The molecule has 4 N–H and O–H groups in total. The fraction of sp³-hybridized carbons (Fsp3) is 0.435. The topological polar surface area (TPSA) is 128 Å². The number of halogens is 6. The van der Waals surface area contributed by atoms with Crippen molar-refractivity contribution in [3.63, 3.8) is 0 Å². The predicted octanol–water partition coefficient (Wildman–Crippen LogP) is 4.20. The Hall–Kier alpha value is -3.55. The lowest BCUT2D eigenvalue weighted by Gasteiger charge is -2.22. The summed E-state index contributed by atoms with van der Waals surface area (Å²) in [5.74, 6) is -5.91. The van der Waals surface area contributed by atoms with Gasteiger partial charge in [-0.15, -0.1) is 0 Å². The highest BCUT2D eigenvalue weighted by Crippen LogP contribution is 2.44. The van der Waals surface area contributed by atoms with E-state index in [4.69, 9.17) is 17.3 Å². The highest BCUT2D eigenvalue weighted by molar-refractivity contribution is 6.31. The number of hydrogen-bond donors (Lipinski definition) is 3. The molecule has 1 unspecified atom stereocenters. The van der Waals surface area contributed by atoms with Gasteiger partial charge in [0.1, 0.15) is 17.3 Å². The van der Waals surface area contributed by atoms with Crippen molar-refractivity contribution in [1.82, 2.24) is 25.1 Å². The Morgan fingerprint density at radius 1 is 1.26 bits per heavy atom. The molecule has 1 saturated carbocycles. The van der Waals surface area contributed by atoms with Gasteiger partial charge in [0.15, 0.2) is 5.82 Å². The molecule has 0 saturated heterocycles. The molecule has 1 aliphatic carbocycles. The van der Waals surface area contributed by atoms with Crippen molar-refractivity contribution < 1.29 is 31.5 Å². The number of carbonyl (C=O) groups excluding carboxylic acids is 2. The van der Waals surface area contributed by atoms with E-state index in [1.807, 2.05) is 0 Å². The van der Waals surface area contributed by atoms with Gasteiger partial charge in [-0.1, -0.05) is 11.6 Å². The monoisotopic (exact) mass is 557 g/mol. The van der Waals surface area contributed by atoms with Crippen molar-refractivity contribution in [1.29, 1.82) is 0 Å². The minimum absolute atomic E-state index is 0.0378. The number of alkyl halides is 5.